The lowest BCUT2D eigenvalue weighted by Crippen LogP contribution is -2.50. The first-order chi connectivity index (χ1) is 6.66. The molecule has 0 aliphatic heterocycles. The van der Waals surface area contributed by atoms with Gasteiger partial charge in [-0.2, -0.15) is 11.3 Å². The first-order valence-corrected chi connectivity index (χ1v) is 5.70. The summed E-state index contributed by atoms with van der Waals surface area (Å²) in [5, 5.41) is 6.86. The van der Waals surface area contributed by atoms with Crippen LogP contribution in [-0.4, -0.2) is 18.0 Å². The van der Waals surface area contributed by atoms with E-state index < -0.39 is 0 Å². The van der Waals surface area contributed by atoms with E-state index in [1.807, 2.05) is 17.7 Å². The monoisotopic (exact) mass is 210 g/mol. The molecule has 1 fully saturated rings. The highest BCUT2D eigenvalue weighted by molar-refractivity contribution is 7.08. The third kappa shape index (κ3) is 1.81. The number of nitrogens with two attached hydrogens (primary N) is 1. The Bertz CT molecular complexity index is 342. The third-order valence-corrected chi connectivity index (χ3v) is 3.47. The minimum atomic E-state index is 0.0423. The molecule has 14 heavy (non-hydrogen) atoms. The summed E-state index contributed by atoms with van der Waals surface area (Å²) in [6, 6.07) is 0.570. The standard InChI is InChI=1S/C10H14N2OS/c1-6-4-14-5-9(6)10(13)12-8-2-7(11)3-8/h4-5,7-8H,2-3,11H2,1H3,(H,12,13). The van der Waals surface area contributed by atoms with Crippen LogP contribution in [0.3, 0.4) is 0 Å². The maximum Gasteiger partial charge on any atom is 0.252 e. The zero-order valence-corrected chi connectivity index (χ0v) is 8.93. The molecule has 1 aromatic rings. The molecule has 0 bridgehead atoms. The molecule has 0 atom stereocenters. The lowest BCUT2D eigenvalue weighted by molar-refractivity contribution is 0.0910. The summed E-state index contributed by atoms with van der Waals surface area (Å²) in [7, 11) is 0. The van der Waals surface area contributed by atoms with E-state index in [0.29, 0.717) is 0 Å². The molecule has 4 heteroatoms. The van der Waals surface area contributed by atoms with Crippen LogP contribution in [0.25, 0.3) is 0 Å². The van der Waals surface area contributed by atoms with Gasteiger partial charge in [0.15, 0.2) is 0 Å². The number of nitrogens with one attached hydrogen (secondary N) is 1. The van der Waals surface area contributed by atoms with E-state index in [1.54, 1.807) is 11.3 Å². The van der Waals surface area contributed by atoms with Crippen molar-refractivity contribution in [3.63, 3.8) is 0 Å². The average molecular weight is 210 g/mol. The van der Waals surface area contributed by atoms with Gasteiger partial charge in [-0.1, -0.05) is 0 Å². The molecule has 0 aromatic carbocycles. The molecule has 76 valence electrons. The fourth-order valence-electron chi connectivity index (χ4n) is 1.64. The Morgan fingerprint density at radius 1 is 1.57 bits per heavy atom. The fraction of sp³-hybridized carbons (Fsp3) is 0.500. The van der Waals surface area contributed by atoms with Gasteiger partial charge in [-0.15, -0.1) is 0 Å². The molecule has 0 spiro atoms. The summed E-state index contributed by atoms with van der Waals surface area (Å²) in [6.07, 6.45) is 1.82. The second-order valence-corrected chi connectivity index (χ2v) is 4.61. The minimum absolute atomic E-state index is 0.0423. The minimum Gasteiger partial charge on any atom is -0.349 e. The van der Waals surface area contributed by atoms with Crippen molar-refractivity contribution in [2.75, 3.05) is 0 Å². The number of carbonyl (C=O) groups is 1. The van der Waals surface area contributed by atoms with Crippen LogP contribution in [0.1, 0.15) is 28.8 Å². The summed E-state index contributed by atoms with van der Waals surface area (Å²) >= 11 is 1.56. The zero-order chi connectivity index (χ0) is 10.1. The quantitative estimate of drug-likeness (QED) is 0.772. The third-order valence-electron chi connectivity index (χ3n) is 2.61. The van der Waals surface area contributed by atoms with Crippen LogP contribution in [0.4, 0.5) is 0 Å². The molecule has 3 N–H and O–H groups in total. The van der Waals surface area contributed by atoms with Crippen LogP contribution in [0, 0.1) is 6.92 Å². The van der Waals surface area contributed by atoms with Gasteiger partial charge in [-0.25, -0.2) is 0 Å². The summed E-state index contributed by atoms with van der Waals surface area (Å²) in [5.74, 6) is 0.0423. The Hall–Kier alpha value is -0.870. The van der Waals surface area contributed by atoms with Gasteiger partial charge in [-0.05, 0) is 30.7 Å². The molecule has 1 amide bonds. The van der Waals surface area contributed by atoms with Crippen molar-refractivity contribution in [1.29, 1.82) is 0 Å². The zero-order valence-electron chi connectivity index (χ0n) is 8.12. The predicted octanol–water partition coefficient (Wildman–Crippen LogP) is 1.28. The number of hydrogen-bond donors (Lipinski definition) is 2. The van der Waals surface area contributed by atoms with Crippen molar-refractivity contribution in [3.8, 4) is 0 Å². The van der Waals surface area contributed by atoms with Crippen molar-refractivity contribution < 1.29 is 4.79 Å². The molecular weight excluding hydrogens is 196 g/mol. The van der Waals surface area contributed by atoms with E-state index in [1.165, 1.54) is 0 Å². The van der Waals surface area contributed by atoms with Gasteiger partial charge in [0.25, 0.3) is 5.91 Å². The first-order valence-electron chi connectivity index (χ1n) is 4.76. The van der Waals surface area contributed by atoms with Crippen molar-refractivity contribution in [2.45, 2.75) is 31.8 Å². The highest BCUT2D eigenvalue weighted by atomic mass is 32.1. The van der Waals surface area contributed by atoms with Crippen LogP contribution in [0.5, 0.6) is 0 Å². The van der Waals surface area contributed by atoms with Crippen molar-refractivity contribution >= 4 is 17.2 Å². The fourth-order valence-corrected chi connectivity index (χ4v) is 2.46. The molecule has 0 saturated heterocycles. The molecule has 1 aliphatic rings. The van der Waals surface area contributed by atoms with Crippen LogP contribution >= 0.6 is 11.3 Å². The summed E-state index contributed by atoms with van der Waals surface area (Å²) < 4.78 is 0. The van der Waals surface area contributed by atoms with Gasteiger partial charge in [0, 0.05) is 17.5 Å². The molecule has 1 saturated carbocycles. The molecule has 0 radical (unpaired) electrons. The molecular formula is C10H14N2OS. The number of rotatable bonds is 2. The first kappa shape index (κ1) is 9.68. The largest absolute Gasteiger partial charge is 0.349 e. The normalized spacial score (nSPS) is 25.6. The van der Waals surface area contributed by atoms with Crippen molar-refractivity contribution in [3.05, 3.63) is 21.9 Å². The summed E-state index contributed by atoms with van der Waals surface area (Å²) in [5.41, 5.74) is 7.50. The Morgan fingerprint density at radius 3 is 2.79 bits per heavy atom. The maximum atomic E-state index is 11.7. The molecule has 1 heterocycles. The Morgan fingerprint density at radius 2 is 2.29 bits per heavy atom. The number of aryl methyl sites for hydroxylation is 1. The Labute approximate surface area is 87.3 Å². The molecule has 2 rings (SSSR count). The Balaban J connectivity index is 1.93. The second-order valence-electron chi connectivity index (χ2n) is 3.87. The molecule has 1 aliphatic carbocycles. The highest BCUT2D eigenvalue weighted by Gasteiger charge is 2.27. The van der Waals surface area contributed by atoms with Crippen molar-refractivity contribution in [2.24, 2.45) is 5.73 Å². The van der Waals surface area contributed by atoms with Crippen LogP contribution in [-0.2, 0) is 0 Å². The lowest BCUT2D eigenvalue weighted by Gasteiger charge is -2.32. The Kier molecular flexibility index (Phi) is 2.56. The second kappa shape index (κ2) is 3.71. The van der Waals surface area contributed by atoms with Gasteiger partial charge >= 0.3 is 0 Å². The predicted molar refractivity (Wildman–Crippen MR) is 57.5 cm³/mol. The van der Waals surface area contributed by atoms with E-state index >= 15 is 0 Å². The SMILES string of the molecule is Cc1cscc1C(=O)NC1CC(N)C1. The molecule has 0 unspecified atom stereocenters. The molecule has 3 nitrogen and oxygen atoms in total. The van der Waals surface area contributed by atoms with E-state index in [4.69, 9.17) is 5.73 Å². The van der Waals surface area contributed by atoms with Gasteiger partial charge in [-0.3, -0.25) is 4.79 Å². The topological polar surface area (TPSA) is 55.1 Å². The molecule has 1 aromatic heterocycles. The number of amides is 1. The van der Waals surface area contributed by atoms with Crippen LogP contribution in [0.2, 0.25) is 0 Å². The van der Waals surface area contributed by atoms with Gasteiger partial charge in [0.2, 0.25) is 0 Å². The van der Waals surface area contributed by atoms with E-state index in [9.17, 15) is 4.79 Å². The maximum absolute atomic E-state index is 11.7. The van der Waals surface area contributed by atoms with E-state index in [-0.39, 0.29) is 18.0 Å². The lowest BCUT2D eigenvalue weighted by atomic mass is 9.87. The summed E-state index contributed by atoms with van der Waals surface area (Å²) in [4.78, 5) is 11.7. The van der Waals surface area contributed by atoms with Crippen LogP contribution in [0.15, 0.2) is 10.8 Å². The van der Waals surface area contributed by atoms with Crippen molar-refractivity contribution in [1.82, 2.24) is 5.32 Å². The van der Waals surface area contributed by atoms with E-state index in [0.717, 1.165) is 24.0 Å². The van der Waals surface area contributed by atoms with Gasteiger partial charge < -0.3 is 11.1 Å². The van der Waals surface area contributed by atoms with Gasteiger partial charge in [0.1, 0.15) is 0 Å². The number of thiophene rings is 1. The summed E-state index contributed by atoms with van der Waals surface area (Å²) in [6.45, 7) is 1.96. The smallest absolute Gasteiger partial charge is 0.252 e. The van der Waals surface area contributed by atoms with E-state index in [2.05, 4.69) is 5.32 Å². The number of hydrogen-bond acceptors (Lipinski definition) is 3. The van der Waals surface area contributed by atoms with Gasteiger partial charge in [0.05, 0.1) is 5.56 Å². The number of carbonyl (C=O) groups excluding carboxylic acids is 1. The highest BCUT2D eigenvalue weighted by Crippen LogP contribution is 2.19. The average Bonchev–Trinajstić information content (AvgIpc) is 2.48. The van der Waals surface area contributed by atoms with Crippen LogP contribution < -0.4 is 11.1 Å².